The SMILES string of the molecule is [C-]#[O+].[C-]#[O+].[CH2-]CC.[CH]1[CH][CH][CH][CH]1.[Fe]. The van der Waals surface area contributed by atoms with Gasteiger partial charge in [-0.1, -0.05) is 6.92 Å². The fourth-order valence-electron chi connectivity index (χ4n) is 0.321. The Kier molecular flexibility index (Phi) is 71.7. The molecule has 73 valence electrons. The van der Waals surface area contributed by atoms with Crippen molar-refractivity contribution in [2.24, 2.45) is 0 Å². The summed E-state index contributed by atoms with van der Waals surface area (Å²) in [6, 6.07) is 0. The summed E-state index contributed by atoms with van der Waals surface area (Å²) in [5.74, 6) is 0. The molecule has 0 amide bonds. The maximum atomic E-state index is 7.50. The van der Waals surface area contributed by atoms with Crippen LogP contribution in [0.2, 0.25) is 0 Å². The van der Waals surface area contributed by atoms with Crippen LogP contribution in [0, 0.1) is 52.3 Å². The summed E-state index contributed by atoms with van der Waals surface area (Å²) in [5.41, 5.74) is 0. The Labute approximate surface area is 92.4 Å². The number of hydrogen-bond acceptors (Lipinski definition) is 0. The van der Waals surface area contributed by atoms with Gasteiger partial charge in [0.05, 0.1) is 0 Å². The van der Waals surface area contributed by atoms with Crippen LogP contribution < -0.4 is 0 Å². The topological polar surface area (TPSA) is 39.8 Å². The van der Waals surface area contributed by atoms with Gasteiger partial charge in [0.25, 0.3) is 0 Å². The summed E-state index contributed by atoms with van der Waals surface area (Å²) in [7, 11) is 0. The normalized spacial score (nSPS) is 10.9. The van der Waals surface area contributed by atoms with Crippen LogP contribution in [0.25, 0.3) is 0 Å². The summed E-state index contributed by atoms with van der Waals surface area (Å²) in [6.45, 7) is 14.5. The van der Waals surface area contributed by atoms with Crippen molar-refractivity contribution >= 4 is 0 Å². The first-order valence-electron chi connectivity index (χ1n) is 3.28. The van der Waals surface area contributed by atoms with Gasteiger partial charge in [-0.3, -0.25) is 0 Å². The largest absolute Gasteiger partial charge is 0.344 e. The molecule has 1 saturated carbocycles. The Balaban J connectivity index is -0.0000000453. The Morgan fingerprint density at radius 3 is 1.08 bits per heavy atom. The quantitative estimate of drug-likeness (QED) is 0.341. The molecule has 5 radical (unpaired) electrons. The Morgan fingerprint density at radius 2 is 1.00 bits per heavy atom. The first-order valence-corrected chi connectivity index (χ1v) is 3.28. The molecule has 1 aliphatic carbocycles. The van der Waals surface area contributed by atoms with E-state index in [-0.39, 0.29) is 17.1 Å². The van der Waals surface area contributed by atoms with E-state index in [9.17, 15) is 0 Å². The third kappa shape index (κ3) is 48.0. The molecule has 0 saturated heterocycles. The molecular weight excluding hydrogens is 208 g/mol. The smallest absolute Gasteiger partial charge is 0 e. The Hall–Kier alpha value is -0.000519. The molecule has 0 heterocycles. The second-order valence-electron chi connectivity index (χ2n) is 1.46. The van der Waals surface area contributed by atoms with Crippen molar-refractivity contribution in [2.75, 3.05) is 0 Å². The van der Waals surface area contributed by atoms with E-state index < -0.39 is 0 Å². The van der Waals surface area contributed by atoms with Crippen molar-refractivity contribution in [3.8, 4) is 0 Å². The number of rotatable bonds is 0. The minimum absolute atomic E-state index is 0. The maximum absolute atomic E-state index is 7.50. The predicted octanol–water partition coefficient (Wildman–Crippen LogP) is 2.17. The van der Waals surface area contributed by atoms with Crippen LogP contribution in [0.15, 0.2) is 0 Å². The van der Waals surface area contributed by atoms with Crippen LogP contribution in [0.4, 0.5) is 0 Å². The van der Waals surface area contributed by atoms with Gasteiger partial charge in [0.15, 0.2) is 0 Å². The van der Waals surface area contributed by atoms with Gasteiger partial charge >= 0.3 is 22.6 Å². The second-order valence-corrected chi connectivity index (χ2v) is 1.46. The average Bonchev–Trinajstić information content (AvgIpc) is 2.69. The molecule has 0 atom stereocenters. The zero-order valence-electron chi connectivity index (χ0n) is 7.47. The van der Waals surface area contributed by atoms with Crippen LogP contribution in [0.3, 0.4) is 0 Å². The predicted molar refractivity (Wildman–Crippen MR) is 45.0 cm³/mol. The minimum atomic E-state index is 0. The fraction of sp³-hybridized carbons (Fsp3) is 0.200. The molecule has 0 bridgehead atoms. The van der Waals surface area contributed by atoms with Gasteiger partial charge in [-0.25, -0.2) is 0 Å². The molecule has 0 N–H and O–H groups in total. The third-order valence-electron chi connectivity index (χ3n) is 0.556. The minimum Gasteiger partial charge on any atom is -0.344 e. The fourth-order valence-corrected chi connectivity index (χ4v) is 0.321. The van der Waals surface area contributed by atoms with Crippen LogP contribution in [0.5, 0.6) is 0 Å². The number of hydrogen-bond donors (Lipinski definition) is 0. The van der Waals surface area contributed by atoms with E-state index in [1.165, 1.54) is 0 Å². The van der Waals surface area contributed by atoms with Crippen molar-refractivity contribution in [3.63, 3.8) is 0 Å². The molecule has 0 aliphatic heterocycles. The molecule has 2 nitrogen and oxygen atoms in total. The molecule has 0 unspecified atom stereocenters. The van der Waals surface area contributed by atoms with E-state index in [0.29, 0.717) is 0 Å². The first-order chi connectivity index (χ1) is 5.91. The summed E-state index contributed by atoms with van der Waals surface area (Å²) < 4.78 is 15.0. The van der Waals surface area contributed by atoms with Gasteiger partial charge in [0.2, 0.25) is 0 Å². The molecule has 13 heavy (non-hydrogen) atoms. The summed E-state index contributed by atoms with van der Waals surface area (Å²) >= 11 is 0. The molecule has 1 aliphatic rings. The van der Waals surface area contributed by atoms with E-state index in [2.05, 4.69) is 20.2 Å². The summed E-state index contributed by atoms with van der Waals surface area (Å²) in [4.78, 5) is 0. The van der Waals surface area contributed by atoms with Gasteiger partial charge < -0.3 is 6.92 Å². The standard InChI is InChI=1S/C5H5.C3H7.2CO.Fe/c1-2-4-5-3-1;1-3-2;2*1-2;/h1-5H;1,3H2,2H3;;;/q;-1;;;. The van der Waals surface area contributed by atoms with Gasteiger partial charge in [0, 0.05) is 17.1 Å². The van der Waals surface area contributed by atoms with Crippen LogP contribution in [-0.2, 0) is 26.4 Å². The zero-order chi connectivity index (χ0) is 10.2. The van der Waals surface area contributed by atoms with Crippen LogP contribution in [-0.4, -0.2) is 0 Å². The average molecular weight is 220 g/mol. The van der Waals surface area contributed by atoms with Crippen molar-refractivity contribution in [1.29, 1.82) is 0 Å². The maximum Gasteiger partial charge on any atom is 0 e. The second kappa shape index (κ2) is 40.3. The van der Waals surface area contributed by atoms with Gasteiger partial charge in [-0.05, 0) is 32.1 Å². The van der Waals surface area contributed by atoms with E-state index in [0.717, 1.165) is 6.42 Å². The monoisotopic (exact) mass is 220 g/mol. The van der Waals surface area contributed by atoms with Gasteiger partial charge in [0.1, 0.15) is 0 Å². The van der Waals surface area contributed by atoms with Crippen molar-refractivity contribution in [3.05, 3.63) is 52.3 Å². The molecular formula is C10H12FeO2-. The van der Waals surface area contributed by atoms with Crippen molar-refractivity contribution in [1.82, 2.24) is 0 Å². The molecule has 0 aromatic heterocycles. The Morgan fingerprint density at radius 1 is 0.923 bits per heavy atom. The van der Waals surface area contributed by atoms with Crippen LogP contribution in [0.1, 0.15) is 13.3 Å². The third-order valence-corrected chi connectivity index (χ3v) is 0.556. The molecule has 0 aromatic rings. The van der Waals surface area contributed by atoms with Crippen molar-refractivity contribution in [2.45, 2.75) is 13.3 Å². The van der Waals surface area contributed by atoms with Crippen molar-refractivity contribution < 1.29 is 26.4 Å². The summed E-state index contributed by atoms with van der Waals surface area (Å²) in [5, 5.41) is 0. The molecule has 3 heteroatoms. The first kappa shape index (κ1) is 23.1. The molecule has 0 spiro atoms. The van der Waals surface area contributed by atoms with Gasteiger partial charge in [-0.15, -0.1) is 0 Å². The van der Waals surface area contributed by atoms with Crippen LogP contribution >= 0.6 is 0 Å². The Bertz CT molecular complexity index is 71.8. The molecule has 1 fully saturated rings. The van der Waals surface area contributed by atoms with E-state index in [4.69, 9.17) is 9.30 Å². The summed E-state index contributed by atoms with van der Waals surface area (Å²) in [6.07, 6.45) is 11.0. The molecule has 0 aromatic carbocycles. The van der Waals surface area contributed by atoms with Gasteiger partial charge in [-0.2, -0.15) is 6.42 Å². The van der Waals surface area contributed by atoms with E-state index in [1.807, 2.05) is 39.0 Å². The zero-order valence-corrected chi connectivity index (χ0v) is 8.58. The van der Waals surface area contributed by atoms with E-state index in [1.54, 1.807) is 0 Å². The van der Waals surface area contributed by atoms with E-state index >= 15 is 0 Å². The molecule has 1 rings (SSSR count).